The second-order valence-electron chi connectivity index (χ2n) is 4.78. The number of piperidine rings is 1. The number of H-pyrrole nitrogens is 1. The molecule has 0 aromatic carbocycles. The Labute approximate surface area is 112 Å². The molecule has 104 valence electrons. The van der Waals surface area contributed by atoms with Crippen LogP contribution in [0.2, 0.25) is 0 Å². The molecule has 5 nitrogen and oxygen atoms in total. The second kappa shape index (κ2) is 6.41. The minimum absolute atomic E-state index is 0.0468. The van der Waals surface area contributed by atoms with Crippen molar-refractivity contribution in [3.63, 3.8) is 0 Å². The number of hydrogen-bond acceptors (Lipinski definition) is 3. The highest BCUT2D eigenvalue weighted by molar-refractivity contribution is 5.79. The van der Waals surface area contributed by atoms with Gasteiger partial charge >= 0.3 is 5.97 Å². The van der Waals surface area contributed by atoms with E-state index in [0.29, 0.717) is 39.0 Å². The molecule has 1 aromatic heterocycles. The molecule has 2 rings (SSSR count). The number of carbonyl (C=O) groups is 2. The fraction of sp³-hybridized carbons (Fsp3) is 0.571. The van der Waals surface area contributed by atoms with Crippen molar-refractivity contribution in [3.05, 3.63) is 24.0 Å². The first-order valence-electron chi connectivity index (χ1n) is 6.77. The number of aromatic nitrogens is 1. The van der Waals surface area contributed by atoms with E-state index in [2.05, 4.69) is 4.98 Å². The van der Waals surface area contributed by atoms with Crippen LogP contribution in [0.1, 0.15) is 25.5 Å². The summed E-state index contributed by atoms with van der Waals surface area (Å²) in [5, 5.41) is 0. The molecule has 1 aromatic rings. The van der Waals surface area contributed by atoms with Crippen LogP contribution in [0.3, 0.4) is 0 Å². The summed E-state index contributed by atoms with van der Waals surface area (Å²) in [6.07, 6.45) is 3.62. The molecule has 2 heterocycles. The van der Waals surface area contributed by atoms with Crippen LogP contribution in [0.25, 0.3) is 0 Å². The normalized spacial score (nSPS) is 16.4. The molecule has 0 spiro atoms. The van der Waals surface area contributed by atoms with Crippen LogP contribution in [-0.4, -0.2) is 41.5 Å². The molecule has 19 heavy (non-hydrogen) atoms. The molecule has 1 fully saturated rings. The van der Waals surface area contributed by atoms with E-state index in [0.717, 1.165) is 5.69 Å². The van der Waals surface area contributed by atoms with Gasteiger partial charge in [-0.3, -0.25) is 9.59 Å². The third-order valence-electron chi connectivity index (χ3n) is 3.47. The van der Waals surface area contributed by atoms with Crippen LogP contribution in [0, 0.1) is 5.92 Å². The lowest BCUT2D eigenvalue weighted by Crippen LogP contribution is -2.41. The van der Waals surface area contributed by atoms with Gasteiger partial charge in [0, 0.05) is 25.0 Å². The van der Waals surface area contributed by atoms with Crippen molar-refractivity contribution in [2.45, 2.75) is 26.2 Å². The fourth-order valence-electron chi connectivity index (χ4n) is 2.38. The van der Waals surface area contributed by atoms with Crippen molar-refractivity contribution in [2.24, 2.45) is 5.92 Å². The Morgan fingerprint density at radius 3 is 2.74 bits per heavy atom. The van der Waals surface area contributed by atoms with Gasteiger partial charge < -0.3 is 14.6 Å². The van der Waals surface area contributed by atoms with E-state index in [4.69, 9.17) is 4.74 Å². The van der Waals surface area contributed by atoms with Crippen LogP contribution < -0.4 is 0 Å². The Kier molecular flexibility index (Phi) is 4.60. The Morgan fingerprint density at radius 1 is 1.42 bits per heavy atom. The number of carbonyl (C=O) groups excluding carboxylic acids is 2. The number of ether oxygens (including phenoxy) is 1. The van der Waals surface area contributed by atoms with E-state index in [1.807, 2.05) is 30.2 Å². The van der Waals surface area contributed by atoms with Gasteiger partial charge in [0.1, 0.15) is 0 Å². The van der Waals surface area contributed by atoms with Crippen LogP contribution in [0.5, 0.6) is 0 Å². The lowest BCUT2D eigenvalue weighted by molar-refractivity contribution is -0.151. The number of nitrogens with zero attached hydrogens (tertiary/aromatic N) is 1. The average molecular weight is 264 g/mol. The zero-order valence-electron chi connectivity index (χ0n) is 11.2. The van der Waals surface area contributed by atoms with Gasteiger partial charge in [-0.05, 0) is 31.9 Å². The third kappa shape index (κ3) is 3.59. The predicted molar refractivity (Wildman–Crippen MR) is 70.4 cm³/mol. The van der Waals surface area contributed by atoms with E-state index >= 15 is 0 Å². The van der Waals surface area contributed by atoms with Crippen molar-refractivity contribution in [3.8, 4) is 0 Å². The molecule has 1 N–H and O–H groups in total. The summed E-state index contributed by atoms with van der Waals surface area (Å²) < 4.78 is 5.01. The summed E-state index contributed by atoms with van der Waals surface area (Å²) in [4.78, 5) is 28.5. The van der Waals surface area contributed by atoms with Crippen LogP contribution in [0.15, 0.2) is 18.3 Å². The van der Waals surface area contributed by atoms with Gasteiger partial charge in [0.15, 0.2) is 0 Å². The highest BCUT2D eigenvalue weighted by Crippen LogP contribution is 2.19. The number of hydrogen-bond donors (Lipinski definition) is 1. The van der Waals surface area contributed by atoms with E-state index < -0.39 is 0 Å². The van der Waals surface area contributed by atoms with E-state index in [-0.39, 0.29) is 17.8 Å². The summed E-state index contributed by atoms with van der Waals surface area (Å²) in [7, 11) is 0. The van der Waals surface area contributed by atoms with E-state index in [1.165, 1.54) is 0 Å². The molecule has 0 atom stereocenters. The van der Waals surface area contributed by atoms with Gasteiger partial charge in [-0.1, -0.05) is 0 Å². The minimum atomic E-state index is -0.126. The molecule has 1 aliphatic heterocycles. The zero-order chi connectivity index (χ0) is 13.7. The van der Waals surface area contributed by atoms with Gasteiger partial charge in [0.2, 0.25) is 5.91 Å². The van der Waals surface area contributed by atoms with Crippen molar-refractivity contribution in [1.82, 2.24) is 9.88 Å². The van der Waals surface area contributed by atoms with Gasteiger partial charge in [-0.2, -0.15) is 0 Å². The first-order valence-corrected chi connectivity index (χ1v) is 6.77. The summed E-state index contributed by atoms with van der Waals surface area (Å²) in [5.74, 6) is -0.0572. The highest BCUT2D eigenvalue weighted by atomic mass is 16.5. The maximum Gasteiger partial charge on any atom is 0.309 e. The lowest BCUT2D eigenvalue weighted by Gasteiger charge is -2.30. The molecule has 0 bridgehead atoms. The minimum Gasteiger partial charge on any atom is -0.466 e. The van der Waals surface area contributed by atoms with Gasteiger partial charge in [0.25, 0.3) is 0 Å². The second-order valence-corrected chi connectivity index (χ2v) is 4.78. The molecular formula is C14H20N2O3. The maximum absolute atomic E-state index is 12.1. The fourth-order valence-corrected chi connectivity index (χ4v) is 2.38. The summed E-state index contributed by atoms with van der Waals surface area (Å²) in [6, 6.07) is 3.79. The van der Waals surface area contributed by atoms with Crippen molar-refractivity contribution in [2.75, 3.05) is 19.7 Å². The van der Waals surface area contributed by atoms with E-state index in [9.17, 15) is 9.59 Å². The summed E-state index contributed by atoms with van der Waals surface area (Å²) in [6.45, 7) is 3.52. The first kappa shape index (κ1) is 13.6. The topological polar surface area (TPSA) is 62.4 Å². The van der Waals surface area contributed by atoms with Crippen LogP contribution in [-0.2, 0) is 20.7 Å². The first-order chi connectivity index (χ1) is 9.20. The summed E-state index contributed by atoms with van der Waals surface area (Å²) >= 11 is 0. The molecule has 0 saturated carbocycles. The molecule has 0 unspecified atom stereocenters. The average Bonchev–Trinajstić information content (AvgIpc) is 2.92. The van der Waals surface area contributed by atoms with Crippen LogP contribution >= 0.6 is 0 Å². The predicted octanol–water partition coefficient (Wildman–Crippen LogP) is 1.36. The molecule has 5 heteroatoms. The Morgan fingerprint density at radius 2 is 2.16 bits per heavy atom. The molecule has 1 aliphatic rings. The number of rotatable bonds is 4. The van der Waals surface area contributed by atoms with Crippen molar-refractivity contribution < 1.29 is 14.3 Å². The maximum atomic E-state index is 12.1. The molecular weight excluding hydrogens is 244 g/mol. The Bertz CT molecular complexity index is 420. The van der Waals surface area contributed by atoms with Crippen LogP contribution in [0.4, 0.5) is 0 Å². The molecule has 0 aliphatic carbocycles. The monoisotopic (exact) mass is 264 g/mol. The van der Waals surface area contributed by atoms with Gasteiger partial charge in [-0.25, -0.2) is 0 Å². The van der Waals surface area contributed by atoms with Gasteiger partial charge in [0.05, 0.1) is 18.9 Å². The standard InChI is InChI=1S/C14H20N2O3/c1-2-19-14(18)11-5-8-16(9-6-11)13(17)10-12-4-3-7-15-12/h3-4,7,11,15H,2,5-6,8-10H2,1H3. The van der Waals surface area contributed by atoms with Crippen molar-refractivity contribution >= 4 is 11.9 Å². The SMILES string of the molecule is CCOC(=O)C1CCN(C(=O)Cc2ccc[nH]2)CC1. The van der Waals surface area contributed by atoms with E-state index in [1.54, 1.807) is 0 Å². The smallest absolute Gasteiger partial charge is 0.309 e. The number of esters is 1. The number of likely N-dealkylation sites (tertiary alicyclic amines) is 1. The lowest BCUT2D eigenvalue weighted by atomic mass is 9.97. The Balaban J connectivity index is 1.79. The molecule has 1 amide bonds. The number of nitrogens with one attached hydrogen (secondary N) is 1. The summed E-state index contributed by atoms with van der Waals surface area (Å²) in [5.41, 5.74) is 0.928. The molecule has 1 saturated heterocycles. The Hall–Kier alpha value is -1.78. The largest absolute Gasteiger partial charge is 0.466 e. The quantitative estimate of drug-likeness (QED) is 0.835. The van der Waals surface area contributed by atoms with Crippen molar-refractivity contribution in [1.29, 1.82) is 0 Å². The molecule has 0 radical (unpaired) electrons. The number of amides is 1. The third-order valence-corrected chi connectivity index (χ3v) is 3.47. The highest BCUT2D eigenvalue weighted by Gasteiger charge is 2.28. The zero-order valence-corrected chi connectivity index (χ0v) is 11.2. The van der Waals surface area contributed by atoms with Gasteiger partial charge in [-0.15, -0.1) is 0 Å². The number of aromatic amines is 1.